The van der Waals surface area contributed by atoms with Crippen molar-refractivity contribution >= 4 is 6.08 Å². The van der Waals surface area contributed by atoms with Gasteiger partial charge in [0.25, 0.3) is 0 Å². The minimum Gasteiger partial charge on any atom is -0.400 e. The Morgan fingerprint density at radius 3 is 2.62 bits per heavy atom. The number of aryl methyl sites for hydroxylation is 1. The second-order valence-electron chi connectivity index (χ2n) is 8.84. The minimum atomic E-state index is -0.563. The molecular formula is C29H41F2N5O. The largest absolute Gasteiger partial charge is 0.400 e. The molecule has 3 rings (SSSR count). The molecule has 6 nitrogen and oxygen atoms in total. The van der Waals surface area contributed by atoms with E-state index in [1.165, 1.54) is 19.1 Å². The minimum absolute atomic E-state index is 0. The monoisotopic (exact) mass is 513 g/mol. The molecule has 8 heteroatoms. The standard InChI is InChI=1S/C28H35F2N5.CH4O.H2/c1-5-9-27(30)26(21(3)29)20-35-15-8-7-10-25(19-35)32-17-22(6-2)16-24-18-34(4)33-28(24)23-11-13-31-14-12-23;1-2;/h5-6,9,11-14,16,18,25,32H,1-2,7-8,10,15,17,19-20H2,3-4H3;2H,1H3;1H/b22-16+,26-21+,27-9+;;. The Kier molecular flexibility index (Phi) is 12.8. The number of aliphatic hydroxyl groups is 1. The lowest BCUT2D eigenvalue weighted by molar-refractivity contribution is 0.277. The van der Waals surface area contributed by atoms with Crippen molar-refractivity contribution in [3.05, 3.63) is 90.5 Å². The first-order valence-electron chi connectivity index (χ1n) is 12.4. The van der Waals surface area contributed by atoms with Gasteiger partial charge in [0.1, 0.15) is 11.7 Å². The van der Waals surface area contributed by atoms with Crippen LogP contribution < -0.4 is 5.32 Å². The quantitative estimate of drug-likeness (QED) is 0.403. The maximum atomic E-state index is 14.4. The van der Waals surface area contributed by atoms with Crippen LogP contribution in [0.3, 0.4) is 0 Å². The summed E-state index contributed by atoms with van der Waals surface area (Å²) in [6.45, 7) is 11.2. The van der Waals surface area contributed by atoms with E-state index in [-0.39, 0.29) is 19.6 Å². The van der Waals surface area contributed by atoms with Crippen LogP contribution in [0.4, 0.5) is 8.78 Å². The third-order valence-electron chi connectivity index (χ3n) is 6.11. The Morgan fingerprint density at radius 1 is 1.24 bits per heavy atom. The molecule has 0 bridgehead atoms. The van der Waals surface area contributed by atoms with Crippen molar-refractivity contribution in [1.82, 2.24) is 25.0 Å². The van der Waals surface area contributed by atoms with E-state index in [2.05, 4.69) is 39.5 Å². The molecule has 1 fully saturated rings. The lowest BCUT2D eigenvalue weighted by Gasteiger charge is -2.26. The molecule has 0 aromatic carbocycles. The summed E-state index contributed by atoms with van der Waals surface area (Å²) in [5, 5.41) is 15.2. The molecule has 0 saturated carbocycles. The van der Waals surface area contributed by atoms with E-state index in [0.29, 0.717) is 6.54 Å². The van der Waals surface area contributed by atoms with E-state index in [1.54, 1.807) is 17.1 Å². The molecule has 37 heavy (non-hydrogen) atoms. The molecule has 0 spiro atoms. The van der Waals surface area contributed by atoms with E-state index < -0.39 is 11.7 Å². The SMILES string of the molecule is C=C/C=C(F)\C(CN1CCCCC(NC/C(C=C)=C/c2cn(C)nc2-c2ccncc2)C1)=C(/C)F.CO.[HH]. The highest BCUT2D eigenvalue weighted by atomic mass is 19.1. The number of halogens is 2. The summed E-state index contributed by atoms with van der Waals surface area (Å²) in [6.07, 6.45) is 15.1. The van der Waals surface area contributed by atoms with Gasteiger partial charge >= 0.3 is 0 Å². The van der Waals surface area contributed by atoms with Gasteiger partial charge in [-0.3, -0.25) is 14.6 Å². The zero-order valence-electron chi connectivity index (χ0n) is 22.1. The molecule has 3 heterocycles. The van der Waals surface area contributed by atoms with E-state index >= 15 is 0 Å². The number of likely N-dealkylation sites (tertiary alicyclic amines) is 1. The van der Waals surface area contributed by atoms with Crippen LogP contribution >= 0.6 is 0 Å². The number of pyridine rings is 1. The number of aliphatic hydroxyl groups excluding tert-OH is 1. The second-order valence-corrected chi connectivity index (χ2v) is 8.84. The Morgan fingerprint density at radius 2 is 1.97 bits per heavy atom. The van der Waals surface area contributed by atoms with Crippen LogP contribution in [-0.2, 0) is 7.05 Å². The van der Waals surface area contributed by atoms with E-state index in [0.717, 1.165) is 61.9 Å². The zero-order chi connectivity index (χ0) is 27.2. The number of aromatic nitrogens is 3. The predicted octanol–water partition coefficient (Wildman–Crippen LogP) is 5.63. The van der Waals surface area contributed by atoms with Crippen molar-refractivity contribution in [1.29, 1.82) is 0 Å². The maximum Gasteiger partial charge on any atom is 0.130 e. The van der Waals surface area contributed by atoms with Gasteiger partial charge < -0.3 is 10.4 Å². The molecule has 1 aliphatic rings. The molecule has 0 radical (unpaired) electrons. The first-order valence-corrected chi connectivity index (χ1v) is 12.4. The van der Waals surface area contributed by atoms with Crippen molar-refractivity contribution in [2.45, 2.75) is 32.2 Å². The third-order valence-corrected chi connectivity index (χ3v) is 6.11. The molecule has 1 unspecified atom stereocenters. The van der Waals surface area contributed by atoms with Crippen molar-refractivity contribution in [2.75, 3.05) is 33.3 Å². The Bertz CT molecular complexity index is 1110. The first-order chi connectivity index (χ1) is 17.9. The molecule has 1 aliphatic heterocycles. The van der Waals surface area contributed by atoms with Gasteiger partial charge in [-0.25, -0.2) is 8.78 Å². The fourth-order valence-electron chi connectivity index (χ4n) is 4.30. The number of nitrogens with zero attached hydrogens (tertiary/aromatic N) is 4. The van der Waals surface area contributed by atoms with Crippen LogP contribution in [0.5, 0.6) is 0 Å². The molecular weight excluding hydrogens is 472 g/mol. The number of allylic oxidation sites excluding steroid dienone is 3. The average Bonchev–Trinajstić information content (AvgIpc) is 3.12. The van der Waals surface area contributed by atoms with Gasteiger partial charge in [0.05, 0.1) is 5.69 Å². The normalized spacial score (nSPS) is 17.8. The van der Waals surface area contributed by atoms with E-state index in [4.69, 9.17) is 5.11 Å². The molecule has 2 aromatic heterocycles. The lowest BCUT2D eigenvalue weighted by atomic mass is 10.1. The Balaban J connectivity index is 0.00000235. The lowest BCUT2D eigenvalue weighted by Crippen LogP contribution is -2.41. The summed E-state index contributed by atoms with van der Waals surface area (Å²) in [7, 11) is 2.91. The van der Waals surface area contributed by atoms with E-state index in [9.17, 15) is 8.78 Å². The second kappa shape index (κ2) is 15.8. The molecule has 1 saturated heterocycles. The smallest absolute Gasteiger partial charge is 0.130 e. The molecule has 2 aromatic rings. The first kappa shape index (κ1) is 30.0. The van der Waals surface area contributed by atoms with Gasteiger partial charge in [-0.1, -0.05) is 31.7 Å². The Labute approximate surface area is 220 Å². The zero-order valence-corrected chi connectivity index (χ0v) is 22.1. The predicted molar refractivity (Wildman–Crippen MR) is 150 cm³/mol. The summed E-state index contributed by atoms with van der Waals surface area (Å²) in [5.74, 6) is -1.06. The highest BCUT2D eigenvalue weighted by molar-refractivity contribution is 5.73. The maximum absolute atomic E-state index is 14.4. The van der Waals surface area contributed by atoms with Crippen molar-refractivity contribution in [3.63, 3.8) is 0 Å². The van der Waals surface area contributed by atoms with Crippen LogP contribution in [0.25, 0.3) is 17.3 Å². The third kappa shape index (κ3) is 9.31. The summed E-state index contributed by atoms with van der Waals surface area (Å²) in [6, 6.07) is 4.10. The summed E-state index contributed by atoms with van der Waals surface area (Å²) < 4.78 is 30.2. The van der Waals surface area contributed by atoms with Gasteiger partial charge in [-0.2, -0.15) is 5.10 Å². The van der Waals surface area contributed by atoms with Crippen LogP contribution in [0.15, 0.2) is 84.9 Å². The topological polar surface area (TPSA) is 66.2 Å². The van der Waals surface area contributed by atoms with Crippen LogP contribution in [-0.4, -0.2) is 64.1 Å². The fraction of sp³-hybridized carbons (Fsp3) is 0.379. The summed E-state index contributed by atoms with van der Waals surface area (Å²) in [5.41, 5.74) is 4.05. The highest BCUT2D eigenvalue weighted by Crippen LogP contribution is 2.24. The number of nitrogens with one attached hydrogen (secondary N) is 1. The number of rotatable bonds is 10. The molecule has 1 atom stereocenters. The number of hydrogen-bond acceptors (Lipinski definition) is 5. The van der Waals surface area contributed by atoms with Gasteiger partial charge in [0.2, 0.25) is 0 Å². The summed E-state index contributed by atoms with van der Waals surface area (Å²) in [4.78, 5) is 6.22. The van der Waals surface area contributed by atoms with Crippen LogP contribution in [0.1, 0.15) is 33.2 Å². The van der Waals surface area contributed by atoms with Gasteiger partial charge in [0.15, 0.2) is 0 Å². The number of hydrogen-bond donors (Lipinski definition) is 2. The highest BCUT2D eigenvalue weighted by Gasteiger charge is 2.21. The van der Waals surface area contributed by atoms with Crippen molar-refractivity contribution in [2.24, 2.45) is 7.05 Å². The van der Waals surface area contributed by atoms with Crippen molar-refractivity contribution < 1.29 is 15.3 Å². The van der Waals surface area contributed by atoms with E-state index in [1.807, 2.05) is 31.5 Å². The van der Waals surface area contributed by atoms with Gasteiger partial charge in [-0.15, -0.1) is 0 Å². The Hall–Kier alpha value is -3.20. The van der Waals surface area contributed by atoms with Crippen LogP contribution in [0.2, 0.25) is 0 Å². The van der Waals surface area contributed by atoms with Gasteiger partial charge in [-0.05, 0) is 56.2 Å². The van der Waals surface area contributed by atoms with Crippen molar-refractivity contribution in [3.8, 4) is 11.3 Å². The summed E-state index contributed by atoms with van der Waals surface area (Å²) >= 11 is 0. The van der Waals surface area contributed by atoms with Gasteiger partial charge in [0, 0.05) is 76.6 Å². The fourth-order valence-corrected chi connectivity index (χ4v) is 4.30. The molecule has 2 N–H and O–H groups in total. The molecule has 202 valence electrons. The molecule has 0 amide bonds. The van der Waals surface area contributed by atoms with Crippen LogP contribution in [0, 0.1) is 0 Å². The average molecular weight is 514 g/mol. The molecule has 0 aliphatic carbocycles.